The molecule has 0 atom stereocenters. The van der Waals surface area contributed by atoms with Crippen LogP contribution in [0.25, 0.3) is 0 Å². The van der Waals surface area contributed by atoms with E-state index in [9.17, 15) is 12.5 Å². The van der Waals surface area contributed by atoms with Crippen LogP contribution in [-0.4, -0.2) is 15.7 Å². The van der Waals surface area contributed by atoms with Gasteiger partial charge in [-0.15, -0.1) is 0 Å². The third kappa shape index (κ3) is 1.48. The molecular formula is C6H3AsF2O. The summed E-state index contributed by atoms with van der Waals surface area (Å²) in [5.41, 5.74) is 0. The fourth-order valence-corrected chi connectivity index (χ4v) is 1.26. The summed E-state index contributed by atoms with van der Waals surface area (Å²) < 4.78 is 34.8. The van der Waals surface area contributed by atoms with Crippen molar-refractivity contribution in [3.05, 3.63) is 29.8 Å². The Bertz CT molecular complexity index is 262. The van der Waals surface area contributed by atoms with Crippen LogP contribution >= 0.6 is 0 Å². The van der Waals surface area contributed by atoms with E-state index < -0.39 is 27.3 Å². The van der Waals surface area contributed by atoms with E-state index in [1.165, 1.54) is 0 Å². The van der Waals surface area contributed by atoms with E-state index in [-0.39, 0.29) is 4.35 Å². The number of hydrogen-bond donors (Lipinski definition) is 0. The van der Waals surface area contributed by atoms with Crippen molar-refractivity contribution in [3.63, 3.8) is 0 Å². The van der Waals surface area contributed by atoms with Gasteiger partial charge < -0.3 is 0 Å². The zero-order valence-corrected chi connectivity index (χ0v) is 6.72. The Kier molecular flexibility index (Phi) is 2.28. The maximum absolute atomic E-state index is 12.4. The van der Waals surface area contributed by atoms with E-state index in [0.29, 0.717) is 0 Å². The van der Waals surface area contributed by atoms with E-state index in [4.69, 9.17) is 0 Å². The molecule has 0 N–H and O–H groups in total. The van der Waals surface area contributed by atoms with Crippen molar-refractivity contribution in [3.8, 4) is 0 Å². The predicted octanol–water partition coefficient (Wildman–Crippen LogP) is 0.640. The van der Waals surface area contributed by atoms with Crippen LogP contribution in [0.2, 0.25) is 0 Å². The number of halogens is 2. The number of hydrogen-bond acceptors (Lipinski definition) is 1. The molecule has 0 unspecified atom stereocenters. The van der Waals surface area contributed by atoms with Gasteiger partial charge in [0.1, 0.15) is 0 Å². The molecule has 0 radical (unpaired) electrons. The maximum atomic E-state index is 12.4. The summed E-state index contributed by atoms with van der Waals surface area (Å²) in [6.45, 7) is 0. The van der Waals surface area contributed by atoms with Crippen molar-refractivity contribution in [1.29, 1.82) is 0 Å². The molecule has 0 aliphatic rings. The van der Waals surface area contributed by atoms with Gasteiger partial charge in [-0.3, -0.25) is 0 Å². The van der Waals surface area contributed by atoms with Gasteiger partial charge in [0.15, 0.2) is 0 Å². The third-order valence-electron chi connectivity index (χ3n) is 1.01. The average molecular weight is 204 g/mol. The Morgan fingerprint density at radius 3 is 2.50 bits per heavy atom. The van der Waals surface area contributed by atoms with Crippen LogP contribution in [0.5, 0.6) is 0 Å². The molecule has 0 saturated heterocycles. The standard InChI is InChI=1S/C6H3AsF2O/c8-4-1-2-6(9)5(3-4)7-10/h1-3H. The molecule has 0 saturated carbocycles. The first-order chi connectivity index (χ1) is 4.74. The van der Waals surface area contributed by atoms with Gasteiger partial charge in [0, 0.05) is 0 Å². The first-order valence-corrected chi connectivity index (χ1v) is 4.23. The van der Waals surface area contributed by atoms with Crippen molar-refractivity contribution in [2.24, 2.45) is 0 Å². The zero-order valence-electron chi connectivity index (χ0n) is 4.84. The Morgan fingerprint density at radius 1 is 1.30 bits per heavy atom. The van der Waals surface area contributed by atoms with Crippen LogP contribution in [0.3, 0.4) is 0 Å². The molecule has 1 aromatic carbocycles. The van der Waals surface area contributed by atoms with E-state index in [2.05, 4.69) is 0 Å². The molecule has 1 rings (SSSR count). The number of rotatable bonds is 1. The van der Waals surface area contributed by atoms with Crippen molar-refractivity contribution in [2.45, 2.75) is 0 Å². The molecule has 4 heteroatoms. The molecule has 0 aliphatic carbocycles. The second-order valence-electron chi connectivity index (χ2n) is 1.69. The van der Waals surface area contributed by atoms with Crippen LogP contribution in [0.1, 0.15) is 0 Å². The second kappa shape index (κ2) is 3.02. The first-order valence-electron chi connectivity index (χ1n) is 2.52. The number of benzene rings is 1. The second-order valence-corrected chi connectivity index (χ2v) is 3.08. The van der Waals surface area contributed by atoms with Gasteiger partial charge >= 0.3 is 62.4 Å². The summed E-state index contributed by atoms with van der Waals surface area (Å²) in [4.78, 5) is 0. The van der Waals surface area contributed by atoms with E-state index >= 15 is 0 Å². The molecule has 0 fully saturated rings. The van der Waals surface area contributed by atoms with Crippen LogP contribution < -0.4 is 4.35 Å². The third-order valence-corrected chi connectivity index (χ3v) is 2.14. The van der Waals surface area contributed by atoms with E-state index in [0.717, 1.165) is 18.2 Å². The van der Waals surface area contributed by atoms with Gasteiger partial charge in [-0.1, -0.05) is 0 Å². The molecule has 52 valence electrons. The van der Waals surface area contributed by atoms with Gasteiger partial charge in [0.05, 0.1) is 0 Å². The fourth-order valence-electron chi connectivity index (χ4n) is 0.556. The summed E-state index contributed by atoms with van der Waals surface area (Å²) >= 11 is -1.46. The molecule has 0 heterocycles. The van der Waals surface area contributed by atoms with Gasteiger partial charge in [-0.05, 0) is 0 Å². The summed E-state index contributed by atoms with van der Waals surface area (Å²) in [5.74, 6) is -1.15. The van der Waals surface area contributed by atoms with Crippen LogP contribution in [0.15, 0.2) is 18.2 Å². The summed E-state index contributed by atoms with van der Waals surface area (Å²) in [6, 6.07) is 2.91. The Labute approximate surface area is 63.0 Å². The van der Waals surface area contributed by atoms with E-state index in [1.807, 2.05) is 0 Å². The molecule has 1 aromatic rings. The average Bonchev–Trinajstić information content (AvgIpc) is 1.94. The molecule has 0 bridgehead atoms. The van der Waals surface area contributed by atoms with Crippen LogP contribution in [0, 0.1) is 11.6 Å². The molecule has 0 spiro atoms. The molecule has 0 aromatic heterocycles. The molecule has 1 nitrogen and oxygen atoms in total. The van der Waals surface area contributed by atoms with Gasteiger partial charge in [0.25, 0.3) is 0 Å². The summed E-state index contributed by atoms with van der Waals surface area (Å²) in [7, 11) is 0. The normalized spacial score (nSPS) is 10.2. The SMILES string of the molecule is O=[As]c1cc(F)ccc1F. The summed E-state index contributed by atoms with van der Waals surface area (Å²) in [5, 5.41) is 0. The van der Waals surface area contributed by atoms with Gasteiger partial charge in [0.2, 0.25) is 0 Å². The van der Waals surface area contributed by atoms with Crippen molar-refractivity contribution in [1.82, 2.24) is 0 Å². The monoisotopic (exact) mass is 204 g/mol. The molecule has 10 heavy (non-hydrogen) atoms. The van der Waals surface area contributed by atoms with Gasteiger partial charge in [-0.2, -0.15) is 0 Å². The Balaban J connectivity index is 3.21. The molecular weight excluding hydrogens is 201 g/mol. The zero-order chi connectivity index (χ0) is 7.56. The van der Waals surface area contributed by atoms with E-state index in [1.54, 1.807) is 0 Å². The Morgan fingerprint density at radius 2 is 2.00 bits per heavy atom. The van der Waals surface area contributed by atoms with Crippen molar-refractivity contribution in [2.75, 3.05) is 0 Å². The van der Waals surface area contributed by atoms with Crippen molar-refractivity contribution < 1.29 is 12.5 Å². The van der Waals surface area contributed by atoms with Crippen LogP contribution in [-0.2, 0) is 3.74 Å². The molecule has 0 aliphatic heterocycles. The van der Waals surface area contributed by atoms with Crippen LogP contribution in [0.4, 0.5) is 8.78 Å². The fraction of sp³-hybridized carbons (Fsp3) is 0. The van der Waals surface area contributed by atoms with Crippen molar-refractivity contribution >= 4 is 20.0 Å². The quantitative estimate of drug-likeness (QED) is 0.613. The topological polar surface area (TPSA) is 17.1 Å². The summed E-state index contributed by atoms with van der Waals surface area (Å²) in [6.07, 6.45) is 0. The minimum absolute atomic E-state index is 0.0312. The predicted molar refractivity (Wildman–Crippen MR) is 32.4 cm³/mol. The first kappa shape index (κ1) is 7.54. The minimum atomic E-state index is -1.46. The Hall–Kier alpha value is -0.562. The molecule has 0 amide bonds. The van der Waals surface area contributed by atoms with Gasteiger partial charge in [-0.25, -0.2) is 0 Å².